The predicted molar refractivity (Wildman–Crippen MR) is 261 cm³/mol. The second-order valence-electron chi connectivity index (χ2n) is 16.0. The van der Waals surface area contributed by atoms with Crippen LogP contribution >= 0.6 is 11.3 Å². The van der Waals surface area contributed by atoms with Gasteiger partial charge in [0.05, 0.1) is 21.9 Å². The van der Waals surface area contributed by atoms with Crippen molar-refractivity contribution in [2.45, 2.75) is 0 Å². The Morgan fingerprint density at radius 1 is 0.350 bits per heavy atom. The van der Waals surface area contributed by atoms with Crippen LogP contribution in [0.25, 0.3) is 74.7 Å². The third-order valence-corrected chi connectivity index (χ3v) is 14.3. The molecule has 0 atom stereocenters. The molecule has 0 fully saturated rings. The molecular formula is C56H33BN2S. The highest BCUT2D eigenvalue weighted by Gasteiger charge is 2.45. The summed E-state index contributed by atoms with van der Waals surface area (Å²) in [6, 6.07) is 62.1. The number of rotatable bonds is 2. The zero-order chi connectivity index (χ0) is 42.5. The molecule has 4 heteroatoms. The van der Waals surface area contributed by atoms with Crippen molar-refractivity contribution in [2.75, 3.05) is 9.80 Å². The molecule has 0 unspecified atom stereocenters. The summed E-state index contributed by atoms with van der Waals surface area (Å²) < 4.78 is 39.3. The highest BCUT2D eigenvalue weighted by molar-refractivity contribution is 7.26. The lowest BCUT2D eigenvalue weighted by atomic mass is 9.33. The highest BCUT2D eigenvalue weighted by atomic mass is 32.1. The van der Waals surface area contributed by atoms with Gasteiger partial charge in [-0.15, -0.1) is 11.3 Å². The van der Waals surface area contributed by atoms with Crippen LogP contribution in [0.15, 0.2) is 200 Å². The molecule has 0 bridgehead atoms. The number of anilines is 6. The summed E-state index contributed by atoms with van der Waals surface area (Å²) >= 11 is 1.75. The average molecular weight is 781 g/mol. The standard InChI is InChI=1S/C56H33BN2S/c1-3-18-38-34(16-1)36-20-5-7-22-40(36)52-42(38)25-13-29-47(52)58-46-28-11-10-27-45(46)57-54-44-24-9-12-33-51(44)60-56(54)59(50-32-15-31-49(58)55(50)57)48-30-14-26-43-39-19-4-2-17-35(39)37-21-6-8-23-41(37)53(43)48/h1-33H/i10D,11D,27D,28D. The molecular weight excluding hydrogens is 744 g/mol. The fourth-order valence-corrected chi connectivity index (χ4v) is 12.1. The van der Waals surface area contributed by atoms with E-state index in [0.717, 1.165) is 75.7 Å². The molecule has 1 aromatic heterocycles. The molecule has 0 N–H and O–H groups in total. The molecule has 12 aromatic rings. The molecule has 14 rings (SSSR count). The first-order valence-electron chi connectivity index (χ1n) is 22.5. The SMILES string of the molecule is [2H]c1c([2H])c([2H])c2c(c1[2H])B1c3c(cccc3N2c2cccc3c4ccccc4c4ccccc4c23)N(c2cccc3c4ccccc4c4ccccc4c23)c2sc3ccccc3c21. The van der Waals surface area contributed by atoms with Crippen molar-refractivity contribution >= 4 is 143 Å². The maximum absolute atomic E-state index is 9.90. The van der Waals surface area contributed by atoms with E-state index in [9.17, 15) is 5.48 Å². The van der Waals surface area contributed by atoms with Gasteiger partial charge in [-0.05, 0) is 112 Å². The second-order valence-corrected chi connectivity index (χ2v) is 17.0. The van der Waals surface area contributed by atoms with Crippen LogP contribution in [0.2, 0.25) is 0 Å². The van der Waals surface area contributed by atoms with E-state index in [2.05, 4.69) is 186 Å². The number of fused-ring (bicyclic) bond motifs is 18. The topological polar surface area (TPSA) is 6.48 Å². The van der Waals surface area contributed by atoms with E-state index in [1.165, 1.54) is 37.7 Å². The van der Waals surface area contributed by atoms with Gasteiger partial charge in [0.1, 0.15) is 0 Å². The first-order chi connectivity index (χ1) is 31.5. The minimum atomic E-state index is -0.485. The van der Waals surface area contributed by atoms with Crippen molar-refractivity contribution < 1.29 is 5.48 Å². The molecule has 3 heterocycles. The summed E-state index contributed by atoms with van der Waals surface area (Å²) in [5, 5.41) is 15.9. The van der Waals surface area contributed by atoms with Crippen LogP contribution in [0, 0.1) is 0 Å². The fraction of sp³-hybridized carbons (Fsp3) is 0. The lowest BCUT2D eigenvalue weighted by molar-refractivity contribution is 1.28. The second kappa shape index (κ2) is 12.1. The van der Waals surface area contributed by atoms with Crippen LogP contribution < -0.4 is 26.2 Å². The van der Waals surface area contributed by atoms with Gasteiger partial charge in [-0.1, -0.05) is 164 Å². The molecule has 2 nitrogen and oxygen atoms in total. The molecule has 0 amide bonds. The van der Waals surface area contributed by atoms with E-state index in [0.29, 0.717) is 11.2 Å². The summed E-state index contributed by atoms with van der Waals surface area (Å²) in [6.07, 6.45) is 0. The van der Waals surface area contributed by atoms with Gasteiger partial charge in [-0.2, -0.15) is 0 Å². The zero-order valence-electron chi connectivity index (χ0n) is 36.1. The molecule has 0 saturated carbocycles. The summed E-state index contributed by atoms with van der Waals surface area (Å²) in [6.45, 7) is -0.485. The first kappa shape index (κ1) is 28.9. The smallest absolute Gasteiger partial charge is 0.254 e. The van der Waals surface area contributed by atoms with Gasteiger partial charge in [-0.25, -0.2) is 0 Å². The van der Waals surface area contributed by atoms with E-state index in [-0.39, 0.29) is 24.2 Å². The number of hydrogen-bond acceptors (Lipinski definition) is 3. The molecule has 60 heavy (non-hydrogen) atoms. The number of nitrogens with zero attached hydrogens (tertiary/aromatic N) is 2. The summed E-state index contributed by atoms with van der Waals surface area (Å²) in [4.78, 5) is 4.62. The maximum atomic E-state index is 9.90. The van der Waals surface area contributed by atoms with Crippen molar-refractivity contribution in [3.63, 3.8) is 0 Å². The van der Waals surface area contributed by atoms with Crippen molar-refractivity contribution in [1.82, 2.24) is 0 Å². The van der Waals surface area contributed by atoms with Crippen LogP contribution in [0.1, 0.15) is 5.48 Å². The molecule has 0 spiro atoms. The number of thiophene rings is 1. The fourth-order valence-electron chi connectivity index (χ4n) is 10.8. The van der Waals surface area contributed by atoms with Gasteiger partial charge in [0, 0.05) is 32.5 Å². The van der Waals surface area contributed by atoms with Gasteiger partial charge in [0.15, 0.2) is 0 Å². The van der Waals surface area contributed by atoms with Gasteiger partial charge < -0.3 is 9.80 Å². The minimum absolute atomic E-state index is 0.0145. The van der Waals surface area contributed by atoms with Crippen LogP contribution in [0.4, 0.5) is 33.4 Å². The van der Waals surface area contributed by atoms with Crippen LogP contribution in [0.5, 0.6) is 0 Å². The van der Waals surface area contributed by atoms with E-state index >= 15 is 0 Å². The molecule has 276 valence electrons. The van der Waals surface area contributed by atoms with Crippen molar-refractivity contribution in [3.8, 4) is 0 Å². The van der Waals surface area contributed by atoms with Crippen LogP contribution in [-0.4, -0.2) is 6.71 Å². The molecule has 0 saturated heterocycles. The highest BCUT2D eigenvalue weighted by Crippen LogP contribution is 2.52. The Labute approximate surface area is 356 Å². The predicted octanol–water partition coefficient (Wildman–Crippen LogP) is 13.9. The van der Waals surface area contributed by atoms with Gasteiger partial charge >= 0.3 is 0 Å². The molecule has 2 aliphatic heterocycles. The monoisotopic (exact) mass is 780 g/mol. The van der Waals surface area contributed by atoms with Crippen molar-refractivity contribution in [1.29, 1.82) is 0 Å². The molecule has 2 aliphatic rings. The van der Waals surface area contributed by atoms with Gasteiger partial charge in [0.25, 0.3) is 6.71 Å². The lowest BCUT2D eigenvalue weighted by Crippen LogP contribution is -2.61. The third-order valence-electron chi connectivity index (χ3n) is 13.1. The average Bonchev–Trinajstić information content (AvgIpc) is 3.74. The van der Waals surface area contributed by atoms with Crippen LogP contribution in [0.3, 0.4) is 0 Å². The van der Waals surface area contributed by atoms with E-state index in [1.54, 1.807) is 11.3 Å². The van der Waals surface area contributed by atoms with Crippen LogP contribution in [-0.2, 0) is 0 Å². The Bertz CT molecular complexity index is 3980. The van der Waals surface area contributed by atoms with E-state index in [1.807, 2.05) is 0 Å². The summed E-state index contributed by atoms with van der Waals surface area (Å²) in [5.74, 6) is 0. The molecule has 0 aliphatic carbocycles. The quantitative estimate of drug-likeness (QED) is 0.127. The maximum Gasteiger partial charge on any atom is 0.254 e. The number of hydrogen-bond donors (Lipinski definition) is 0. The minimum Gasteiger partial charge on any atom is -0.311 e. The normalized spacial score (nSPS) is 14.2. The van der Waals surface area contributed by atoms with Gasteiger partial charge in [0.2, 0.25) is 0 Å². The summed E-state index contributed by atoms with van der Waals surface area (Å²) in [7, 11) is 0. The van der Waals surface area contributed by atoms with Crippen molar-refractivity contribution in [3.05, 3.63) is 200 Å². The van der Waals surface area contributed by atoms with E-state index < -0.39 is 6.71 Å². The van der Waals surface area contributed by atoms with E-state index in [4.69, 9.17) is 0 Å². The Kier molecular flexibility index (Phi) is 5.82. The Balaban J connectivity index is 1.16. The molecule has 0 radical (unpaired) electrons. The van der Waals surface area contributed by atoms with Crippen molar-refractivity contribution in [2.24, 2.45) is 0 Å². The first-order valence-corrected chi connectivity index (χ1v) is 21.3. The number of para-hydroxylation sites is 1. The number of benzene rings is 11. The Morgan fingerprint density at radius 2 is 0.750 bits per heavy atom. The Hall–Kier alpha value is -7.40. The third kappa shape index (κ3) is 4.18. The Morgan fingerprint density at radius 3 is 1.32 bits per heavy atom. The largest absolute Gasteiger partial charge is 0.311 e. The molecule has 11 aromatic carbocycles. The van der Waals surface area contributed by atoms with Gasteiger partial charge in [-0.3, -0.25) is 0 Å². The lowest BCUT2D eigenvalue weighted by Gasteiger charge is -2.43. The zero-order valence-corrected chi connectivity index (χ0v) is 32.9. The summed E-state index contributed by atoms with van der Waals surface area (Å²) in [5.41, 5.74) is 6.97.